The Bertz CT molecular complexity index is 218. The average Bonchev–Trinajstić information content (AvgIpc) is 2.14. The largest absolute Gasteiger partial charge is 0.481 e. The highest BCUT2D eigenvalue weighted by Gasteiger charge is 2.20. The second kappa shape index (κ2) is 6.04. The van der Waals surface area contributed by atoms with Gasteiger partial charge in [-0.1, -0.05) is 17.7 Å². The summed E-state index contributed by atoms with van der Waals surface area (Å²) in [6, 6.07) is 0. The third-order valence-electron chi connectivity index (χ3n) is 2.52. The van der Waals surface area contributed by atoms with Gasteiger partial charge >= 0.3 is 5.97 Å². The molecule has 3 nitrogen and oxygen atoms in total. The summed E-state index contributed by atoms with van der Waals surface area (Å²) in [5.41, 5.74) is 1.51. The molecule has 1 aliphatic rings. The number of carboxylic acid groups (broad SMARTS) is 1. The Labute approximate surface area is 89.3 Å². The zero-order valence-electron chi connectivity index (χ0n) is 8.16. The van der Waals surface area contributed by atoms with Gasteiger partial charge in [0.1, 0.15) is 0 Å². The number of piperidine rings is 1. The Kier molecular flexibility index (Phi) is 4.98. The van der Waals surface area contributed by atoms with E-state index >= 15 is 0 Å². The van der Waals surface area contributed by atoms with Crippen LogP contribution in [0.2, 0.25) is 0 Å². The summed E-state index contributed by atoms with van der Waals surface area (Å²) >= 11 is 5.44. The van der Waals surface area contributed by atoms with Crippen LogP contribution in [-0.4, -0.2) is 35.6 Å². The van der Waals surface area contributed by atoms with Crippen LogP contribution >= 0.6 is 11.6 Å². The standard InChI is InChI=1S/C10H16ClNO2/c11-4-2-6-12-5-1-3-9(8-12)7-10(13)14/h2,4,9H,1,3,5-8H2,(H,13,14). The maximum absolute atomic E-state index is 10.5. The topological polar surface area (TPSA) is 40.5 Å². The van der Waals surface area contributed by atoms with Crippen molar-refractivity contribution < 1.29 is 9.90 Å². The van der Waals surface area contributed by atoms with Crippen LogP contribution < -0.4 is 0 Å². The van der Waals surface area contributed by atoms with Gasteiger partial charge in [-0.05, 0) is 25.3 Å². The van der Waals surface area contributed by atoms with Crippen LogP contribution in [0.1, 0.15) is 19.3 Å². The molecule has 0 radical (unpaired) electrons. The van der Waals surface area contributed by atoms with Crippen LogP contribution in [0.5, 0.6) is 0 Å². The van der Waals surface area contributed by atoms with E-state index in [-0.39, 0.29) is 0 Å². The van der Waals surface area contributed by atoms with Gasteiger partial charge < -0.3 is 5.11 Å². The highest BCUT2D eigenvalue weighted by Crippen LogP contribution is 2.19. The van der Waals surface area contributed by atoms with E-state index in [0.717, 1.165) is 32.5 Å². The molecule has 1 fully saturated rings. The van der Waals surface area contributed by atoms with Gasteiger partial charge in [0, 0.05) is 25.0 Å². The Morgan fingerprint density at radius 2 is 2.43 bits per heavy atom. The molecule has 0 aromatic rings. The lowest BCUT2D eigenvalue weighted by molar-refractivity contribution is -0.138. The first kappa shape index (κ1) is 11.5. The van der Waals surface area contributed by atoms with Crippen molar-refractivity contribution in [2.24, 2.45) is 5.92 Å². The van der Waals surface area contributed by atoms with Gasteiger partial charge in [-0.2, -0.15) is 0 Å². The molecule has 0 aromatic carbocycles. The molecule has 0 aromatic heterocycles. The van der Waals surface area contributed by atoms with Gasteiger partial charge in [-0.15, -0.1) is 0 Å². The Morgan fingerprint density at radius 3 is 3.07 bits per heavy atom. The highest BCUT2D eigenvalue weighted by atomic mass is 35.5. The Balaban J connectivity index is 2.31. The summed E-state index contributed by atoms with van der Waals surface area (Å²) in [4.78, 5) is 12.8. The molecule has 1 unspecified atom stereocenters. The van der Waals surface area contributed by atoms with E-state index in [9.17, 15) is 4.79 Å². The lowest BCUT2D eigenvalue weighted by Crippen LogP contribution is -2.36. The number of carboxylic acids is 1. The maximum atomic E-state index is 10.5. The molecule has 0 saturated carbocycles. The van der Waals surface area contributed by atoms with Crippen molar-refractivity contribution in [3.05, 3.63) is 11.6 Å². The van der Waals surface area contributed by atoms with Crippen LogP contribution in [0.3, 0.4) is 0 Å². The molecular formula is C10H16ClNO2. The van der Waals surface area contributed by atoms with Crippen LogP contribution in [0, 0.1) is 5.92 Å². The quantitative estimate of drug-likeness (QED) is 0.782. The summed E-state index contributed by atoms with van der Waals surface area (Å²) in [7, 11) is 0. The summed E-state index contributed by atoms with van der Waals surface area (Å²) in [6.45, 7) is 2.77. The fourth-order valence-electron chi connectivity index (χ4n) is 1.92. The first-order valence-electron chi connectivity index (χ1n) is 4.91. The van der Waals surface area contributed by atoms with Crippen LogP contribution in [-0.2, 0) is 4.79 Å². The van der Waals surface area contributed by atoms with Crippen molar-refractivity contribution >= 4 is 17.6 Å². The fraction of sp³-hybridized carbons (Fsp3) is 0.700. The maximum Gasteiger partial charge on any atom is 0.303 e. The van der Waals surface area contributed by atoms with E-state index in [1.165, 1.54) is 5.54 Å². The molecule has 0 spiro atoms. The van der Waals surface area contributed by atoms with Crippen molar-refractivity contribution in [1.82, 2.24) is 4.90 Å². The molecule has 80 valence electrons. The van der Waals surface area contributed by atoms with Crippen molar-refractivity contribution in [1.29, 1.82) is 0 Å². The number of carbonyl (C=O) groups is 1. The molecule has 0 amide bonds. The molecule has 4 heteroatoms. The molecule has 1 aliphatic heterocycles. The number of aliphatic carboxylic acids is 1. The minimum Gasteiger partial charge on any atom is -0.481 e. The van der Waals surface area contributed by atoms with Gasteiger partial charge in [-0.3, -0.25) is 9.69 Å². The van der Waals surface area contributed by atoms with Gasteiger partial charge in [0.05, 0.1) is 0 Å². The van der Waals surface area contributed by atoms with Crippen molar-refractivity contribution in [3.8, 4) is 0 Å². The Morgan fingerprint density at radius 1 is 1.64 bits per heavy atom. The predicted octanol–water partition coefficient (Wildman–Crippen LogP) is 1.93. The third kappa shape index (κ3) is 4.11. The minimum atomic E-state index is -0.690. The third-order valence-corrected chi connectivity index (χ3v) is 2.70. The second-order valence-electron chi connectivity index (χ2n) is 3.73. The number of rotatable bonds is 4. The molecular weight excluding hydrogens is 202 g/mol. The van der Waals surface area contributed by atoms with E-state index in [4.69, 9.17) is 16.7 Å². The SMILES string of the molecule is O=C(O)CC1CCCN(CC=CCl)C1. The first-order valence-corrected chi connectivity index (χ1v) is 5.35. The number of hydrogen-bond donors (Lipinski definition) is 1. The molecule has 0 bridgehead atoms. The highest BCUT2D eigenvalue weighted by molar-refractivity contribution is 6.25. The second-order valence-corrected chi connectivity index (χ2v) is 3.98. The summed E-state index contributed by atoms with van der Waals surface area (Å²) < 4.78 is 0. The van der Waals surface area contributed by atoms with E-state index < -0.39 is 5.97 Å². The van der Waals surface area contributed by atoms with E-state index in [1.807, 2.05) is 6.08 Å². The Hall–Kier alpha value is -0.540. The molecule has 1 N–H and O–H groups in total. The van der Waals surface area contributed by atoms with Gasteiger partial charge in [0.15, 0.2) is 0 Å². The zero-order chi connectivity index (χ0) is 10.4. The molecule has 0 aliphatic carbocycles. The lowest BCUT2D eigenvalue weighted by atomic mass is 9.95. The monoisotopic (exact) mass is 217 g/mol. The summed E-state index contributed by atoms with van der Waals surface area (Å²) in [5, 5.41) is 8.67. The molecule has 1 rings (SSSR count). The molecule has 1 atom stereocenters. The molecule has 14 heavy (non-hydrogen) atoms. The zero-order valence-corrected chi connectivity index (χ0v) is 8.91. The van der Waals surface area contributed by atoms with E-state index in [2.05, 4.69) is 4.90 Å². The smallest absolute Gasteiger partial charge is 0.303 e. The number of hydrogen-bond acceptors (Lipinski definition) is 2. The van der Waals surface area contributed by atoms with Crippen LogP contribution in [0.15, 0.2) is 11.6 Å². The first-order chi connectivity index (χ1) is 6.72. The van der Waals surface area contributed by atoms with E-state index in [1.54, 1.807) is 0 Å². The molecule has 1 saturated heterocycles. The van der Waals surface area contributed by atoms with Gasteiger partial charge in [-0.25, -0.2) is 0 Å². The van der Waals surface area contributed by atoms with Gasteiger partial charge in [0.25, 0.3) is 0 Å². The lowest BCUT2D eigenvalue weighted by Gasteiger charge is -2.31. The molecule has 1 heterocycles. The van der Waals surface area contributed by atoms with Gasteiger partial charge in [0.2, 0.25) is 0 Å². The van der Waals surface area contributed by atoms with Crippen LogP contribution in [0.25, 0.3) is 0 Å². The average molecular weight is 218 g/mol. The number of nitrogens with zero attached hydrogens (tertiary/aromatic N) is 1. The predicted molar refractivity (Wildman–Crippen MR) is 56.4 cm³/mol. The number of halogens is 1. The summed E-state index contributed by atoms with van der Waals surface area (Å²) in [5.74, 6) is -0.380. The normalized spacial score (nSPS) is 24.2. The van der Waals surface area contributed by atoms with Crippen LogP contribution in [0.4, 0.5) is 0 Å². The number of likely N-dealkylation sites (tertiary alicyclic amines) is 1. The fourth-order valence-corrected chi connectivity index (χ4v) is 2.00. The van der Waals surface area contributed by atoms with Crippen molar-refractivity contribution in [3.63, 3.8) is 0 Å². The van der Waals surface area contributed by atoms with Crippen molar-refractivity contribution in [2.45, 2.75) is 19.3 Å². The minimum absolute atomic E-state index is 0.293. The summed E-state index contributed by atoms with van der Waals surface area (Å²) in [6.07, 6.45) is 4.31. The van der Waals surface area contributed by atoms with E-state index in [0.29, 0.717) is 12.3 Å². The van der Waals surface area contributed by atoms with Crippen molar-refractivity contribution in [2.75, 3.05) is 19.6 Å².